The van der Waals surface area contributed by atoms with Crippen molar-refractivity contribution in [2.75, 3.05) is 11.9 Å². The van der Waals surface area contributed by atoms with E-state index in [-0.39, 0.29) is 11.0 Å². The molecule has 0 fully saturated rings. The number of nitrogens with one attached hydrogen (secondary N) is 2. The van der Waals surface area contributed by atoms with Crippen LogP contribution in [-0.4, -0.2) is 17.6 Å². The molecule has 138 valence electrons. The number of halogens is 3. The third-order valence-electron chi connectivity index (χ3n) is 3.17. The Morgan fingerprint density at radius 1 is 1.23 bits per heavy atom. The Morgan fingerprint density at radius 3 is 2.62 bits per heavy atom. The third-order valence-corrected chi connectivity index (χ3v) is 4.56. The predicted octanol–water partition coefficient (Wildman–Crippen LogP) is 5.92. The van der Waals surface area contributed by atoms with Crippen LogP contribution >= 0.6 is 51.3 Å². The van der Waals surface area contributed by atoms with E-state index in [1.807, 2.05) is 0 Å². The van der Waals surface area contributed by atoms with E-state index in [0.29, 0.717) is 44.0 Å². The summed E-state index contributed by atoms with van der Waals surface area (Å²) in [6.45, 7) is 4.73. The normalized spacial score (nSPS) is 10.5. The van der Waals surface area contributed by atoms with Crippen molar-refractivity contribution in [2.45, 2.75) is 13.8 Å². The number of anilines is 1. The number of hydrogen-bond donors (Lipinski definition) is 2. The molecule has 0 spiro atoms. The zero-order chi connectivity index (χ0) is 19.3. The summed E-state index contributed by atoms with van der Waals surface area (Å²) in [6, 6.07) is 10.0. The van der Waals surface area contributed by atoms with Crippen LogP contribution in [0.5, 0.6) is 5.75 Å². The lowest BCUT2D eigenvalue weighted by atomic mass is 10.2. The minimum absolute atomic E-state index is 0.121. The van der Waals surface area contributed by atoms with Gasteiger partial charge < -0.3 is 10.1 Å². The molecule has 8 heteroatoms. The Balaban J connectivity index is 2.01. The first kappa shape index (κ1) is 21.0. The van der Waals surface area contributed by atoms with E-state index in [9.17, 15) is 4.79 Å². The molecule has 0 aromatic heterocycles. The van der Waals surface area contributed by atoms with Gasteiger partial charge in [-0.05, 0) is 70.5 Å². The molecule has 0 saturated carbocycles. The molecule has 2 aromatic rings. The van der Waals surface area contributed by atoms with Crippen molar-refractivity contribution >= 4 is 68.1 Å². The summed E-state index contributed by atoms with van der Waals surface area (Å²) in [5.74, 6) is 0.741. The van der Waals surface area contributed by atoms with Gasteiger partial charge >= 0.3 is 0 Å². The first-order chi connectivity index (χ1) is 12.3. The zero-order valence-corrected chi connectivity index (χ0v) is 18.0. The lowest BCUT2D eigenvalue weighted by Gasteiger charge is -2.13. The van der Waals surface area contributed by atoms with Gasteiger partial charge in [0.2, 0.25) is 0 Å². The van der Waals surface area contributed by atoms with Gasteiger partial charge in [-0.2, -0.15) is 0 Å². The van der Waals surface area contributed by atoms with Crippen LogP contribution in [-0.2, 0) is 0 Å². The summed E-state index contributed by atoms with van der Waals surface area (Å²) in [5.41, 5.74) is 0.957. The van der Waals surface area contributed by atoms with Crippen LogP contribution in [0.1, 0.15) is 24.2 Å². The van der Waals surface area contributed by atoms with Gasteiger partial charge in [0.1, 0.15) is 5.75 Å². The Hall–Kier alpha value is -1.34. The molecule has 0 radical (unpaired) electrons. The zero-order valence-electron chi connectivity index (χ0n) is 14.1. The summed E-state index contributed by atoms with van der Waals surface area (Å²) in [7, 11) is 0. The van der Waals surface area contributed by atoms with Crippen LogP contribution in [0.15, 0.2) is 40.9 Å². The molecular weight excluding hydrogens is 459 g/mol. The van der Waals surface area contributed by atoms with Gasteiger partial charge in [-0.3, -0.25) is 10.1 Å². The van der Waals surface area contributed by atoms with E-state index in [1.165, 1.54) is 0 Å². The fraction of sp³-hybridized carbons (Fsp3) is 0.222. The molecule has 0 saturated heterocycles. The maximum atomic E-state index is 12.4. The first-order valence-corrected chi connectivity index (χ1v) is 9.71. The summed E-state index contributed by atoms with van der Waals surface area (Å²) < 4.78 is 6.37. The second-order valence-electron chi connectivity index (χ2n) is 5.88. The summed E-state index contributed by atoms with van der Waals surface area (Å²) >= 11 is 20.6. The average molecular weight is 476 g/mol. The number of rotatable bonds is 5. The fourth-order valence-corrected chi connectivity index (χ4v) is 2.97. The van der Waals surface area contributed by atoms with Gasteiger partial charge in [-0.1, -0.05) is 37.0 Å². The van der Waals surface area contributed by atoms with Crippen molar-refractivity contribution in [1.29, 1.82) is 0 Å². The van der Waals surface area contributed by atoms with Crippen LogP contribution in [0.2, 0.25) is 10.0 Å². The number of carbonyl (C=O) groups is 1. The first-order valence-electron chi connectivity index (χ1n) is 7.76. The molecule has 26 heavy (non-hydrogen) atoms. The fourth-order valence-electron chi connectivity index (χ4n) is 1.94. The van der Waals surface area contributed by atoms with Crippen molar-refractivity contribution in [3.05, 3.63) is 56.5 Å². The van der Waals surface area contributed by atoms with Crippen LogP contribution in [0.25, 0.3) is 0 Å². The summed E-state index contributed by atoms with van der Waals surface area (Å²) in [5, 5.41) is 6.54. The van der Waals surface area contributed by atoms with E-state index in [2.05, 4.69) is 40.4 Å². The van der Waals surface area contributed by atoms with Crippen molar-refractivity contribution in [3.63, 3.8) is 0 Å². The highest BCUT2D eigenvalue weighted by Crippen LogP contribution is 2.27. The predicted molar refractivity (Wildman–Crippen MR) is 115 cm³/mol. The van der Waals surface area contributed by atoms with Gasteiger partial charge in [0.15, 0.2) is 5.11 Å². The lowest BCUT2D eigenvalue weighted by molar-refractivity contribution is 0.0977. The highest BCUT2D eigenvalue weighted by atomic mass is 79.9. The highest BCUT2D eigenvalue weighted by molar-refractivity contribution is 9.10. The Labute approximate surface area is 176 Å². The SMILES string of the molecule is CC(C)COc1ccc(C(=O)NC(=S)Nc2cc(Cl)ccc2Cl)cc1Br. The number of benzene rings is 2. The molecule has 0 aliphatic carbocycles. The van der Waals surface area contributed by atoms with E-state index >= 15 is 0 Å². The van der Waals surface area contributed by atoms with Crippen LogP contribution in [0.3, 0.4) is 0 Å². The molecule has 0 heterocycles. The molecule has 1 amide bonds. The van der Waals surface area contributed by atoms with Crippen molar-refractivity contribution < 1.29 is 9.53 Å². The quantitative estimate of drug-likeness (QED) is 0.527. The molecule has 0 bridgehead atoms. The number of ether oxygens (including phenoxy) is 1. The van der Waals surface area contributed by atoms with Gasteiger partial charge in [0, 0.05) is 10.6 Å². The Kier molecular flexibility index (Phi) is 7.70. The molecule has 2 aromatic carbocycles. The smallest absolute Gasteiger partial charge is 0.257 e. The van der Waals surface area contributed by atoms with E-state index in [4.69, 9.17) is 40.2 Å². The van der Waals surface area contributed by atoms with Crippen molar-refractivity contribution in [2.24, 2.45) is 5.92 Å². The minimum Gasteiger partial charge on any atom is -0.492 e. The Morgan fingerprint density at radius 2 is 1.96 bits per heavy atom. The highest BCUT2D eigenvalue weighted by Gasteiger charge is 2.12. The maximum Gasteiger partial charge on any atom is 0.257 e. The van der Waals surface area contributed by atoms with Crippen molar-refractivity contribution in [3.8, 4) is 5.75 Å². The molecule has 0 aliphatic rings. The van der Waals surface area contributed by atoms with Crippen LogP contribution in [0, 0.1) is 5.92 Å². The number of thiocarbonyl (C=S) groups is 1. The topological polar surface area (TPSA) is 50.4 Å². The van der Waals surface area contributed by atoms with E-state index in [1.54, 1.807) is 36.4 Å². The molecule has 0 aliphatic heterocycles. The molecule has 4 nitrogen and oxygen atoms in total. The minimum atomic E-state index is -0.350. The summed E-state index contributed by atoms with van der Waals surface area (Å²) in [6.07, 6.45) is 0. The van der Waals surface area contributed by atoms with Gasteiger partial charge in [0.05, 0.1) is 21.8 Å². The maximum absolute atomic E-state index is 12.4. The van der Waals surface area contributed by atoms with Gasteiger partial charge in [-0.15, -0.1) is 0 Å². The van der Waals surface area contributed by atoms with E-state index in [0.717, 1.165) is 0 Å². The monoisotopic (exact) mass is 474 g/mol. The second kappa shape index (κ2) is 9.55. The molecule has 0 unspecified atom stereocenters. The van der Waals surface area contributed by atoms with Crippen LogP contribution < -0.4 is 15.4 Å². The molecule has 0 atom stereocenters. The molecule has 2 N–H and O–H groups in total. The lowest BCUT2D eigenvalue weighted by Crippen LogP contribution is -2.34. The molecular formula is C18H17BrCl2N2O2S. The average Bonchev–Trinajstić information content (AvgIpc) is 2.56. The van der Waals surface area contributed by atoms with Crippen LogP contribution in [0.4, 0.5) is 5.69 Å². The standard InChI is InChI=1S/C18H17BrCl2N2O2S/c1-10(2)9-25-16-6-3-11(7-13(16)19)17(24)23-18(26)22-15-8-12(20)4-5-14(15)21/h3-8,10H,9H2,1-2H3,(H2,22,23,24,26). The van der Waals surface area contributed by atoms with Gasteiger partial charge in [-0.25, -0.2) is 0 Å². The largest absolute Gasteiger partial charge is 0.492 e. The number of amides is 1. The summed E-state index contributed by atoms with van der Waals surface area (Å²) in [4.78, 5) is 12.4. The van der Waals surface area contributed by atoms with Gasteiger partial charge in [0.25, 0.3) is 5.91 Å². The Bertz CT molecular complexity index is 831. The molecule has 2 rings (SSSR count). The number of carbonyl (C=O) groups excluding carboxylic acids is 1. The van der Waals surface area contributed by atoms with Crippen molar-refractivity contribution in [1.82, 2.24) is 5.32 Å². The van der Waals surface area contributed by atoms with E-state index < -0.39 is 0 Å². The number of hydrogen-bond acceptors (Lipinski definition) is 3. The second-order valence-corrected chi connectivity index (χ2v) is 7.99. The third kappa shape index (κ3) is 6.13.